The second-order valence-corrected chi connectivity index (χ2v) is 8.32. The van der Waals surface area contributed by atoms with Crippen LogP contribution < -0.4 is 16.0 Å². The molecule has 1 aromatic rings. The zero-order valence-electron chi connectivity index (χ0n) is 18.9. The topological polar surface area (TPSA) is 127 Å². The molecule has 31 heavy (non-hydrogen) atoms. The van der Waals surface area contributed by atoms with Crippen molar-refractivity contribution in [3.8, 4) is 0 Å². The molecule has 0 bridgehead atoms. The number of hydrogen-bond donors (Lipinski definition) is 3. The summed E-state index contributed by atoms with van der Waals surface area (Å²) in [5.41, 5.74) is -0.488. The van der Waals surface area contributed by atoms with Crippen LogP contribution in [0.5, 0.6) is 0 Å². The Balaban J connectivity index is 2.18. The monoisotopic (exact) mass is 458 g/mol. The van der Waals surface area contributed by atoms with Gasteiger partial charge in [-0.2, -0.15) is 15.0 Å². The van der Waals surface area contributed by atoms with E-state index in [2.05, 4.69) is 35.6 Å². The molecular weight excluding hydrogens is 424 g/mol. The van der Waals surface area contributed by atoms with E-state index in [0.717, 1.165) is 38.5 Å². The third-order valence-electron chi connectivity index (χ3n) is 3.98. The lowest BCUT2D eigenvalue weighted by Crippen LogP contribution is -2.33. The number of ether oxygens (including phenoxy) is 2. The third-order valence-corrected chi connectivity index (χ3v) is 4.15. The normalized spacial score (nSPS) is 11.0. The van der Waals surface area contributed by atoms with Crippen molar-refractivity contribution in [2.75, 3.05) is 37.4 Å². The molecule has 0 aliphatic carbocycles. The smallest absolute Gasteiger partial charge is 0.407 e. The van der Waals surface area contributed by atoms with Gasteiger partial charge in [-0.25, -0.2) is 4.79 Å². The number of nitrogens with one attached hydrogen (secondary N) is 3. The number of alkyl carbamates (subject to hydrolysis) is 1. The third kappa shape index (κ3) is 14.3. The lowest BCUT2D eigenvalue weighted by Gasteiger charge is -2.19. The number of hydrogen-bond acceptors (Lipinski definition) is 9. The number of carbonyl (C=O) groups excluding carboxylic acids is 2. The SMILES string of the molecule is COC(=O)CCCCCNc1nc(Cl)nc(NCCCCCNC(=O)OC(C)(C)C)n1. The van der Waals surface area contributed by atoms with Crippen LogP contribution in [-0.4, -0.2) is 59.4 Å². The van der Waals surface area contributed by atoms with Crippen molar-refractivity contribution in [1.29, 1.82) is 0 Å². The number of nitrogens with zero attached hydrogens (tertiary/aromatic N) is 3. The van der Waals surface area contributed by atoms with Gasteiger partial charge in [0.15, 0.2) is 0 Å². The second kappa shape index (κ2) is 14.6. The summed E-state index contributed by atoms with van der Waals surface area (Å²) in [6.45, 7) is 7.42. The Kier molecular flexibility index (Phi) is 12.6. The van der Waals surface area contributed by atoms with E-state index in [1.165, 1.54) is 7.11 Å². The van der Waals surface area contributed by atoms with Gasteiger partial charge < -0.3 is 25.4 Å². The average Bonchev–Trinajstić information content (AvgIpc) is 2.68. The molecule has 0 aliphatic heterocycles. The van der Waals surface area contributed by atoms with E-state index in [0.29, 0.717) is 38.0 Å². The number of esters is 1. The van der Waals surface area contributed by atoms with E-state index >= 15 is 0 Å². The van der Waals surface area contributed by atoms with Crippen LogP contribution in [0.25, 0.3) is 0 Å². The van der Waals surface area contributed by atoms with Crippen molar-refractivity contribution >= 4 is 35.6 Å². The van der Waals surface area contributed by atoms with E-state index in [4.69, 9.17) is 16.3 Å². The Hall–Kier alpha value is -2.36. The summed E-state index contributed by atoms with van der Waals surface area (Å²) in [5.74, 6) is 0.643. The molecule has 0 saturated heterocycles. The Bertz CT molecular complexity index is 684. The van der Waals surface area contributed by atoms with E-state index in [9.17, 15) is 9.59 Å². The number of methoxy groups -OCH3 is 1. The summed E-state index contributed by atoms with van der Waals surface area (Å²) < 4.78 is 9.80. The number of rotatable bonds is 14. The average molecular weight is 459 g/mol. The van der Waals surface area contributed by atoms with Crippen LogP contribution in [0.3, 0.4) is 0 Å². The predicted octanol–water partition coefficient (Wildman–Crippen LogP) is 3.78. The molecule has 10 nitrogen and oxygen atoms in total. The number of carbonyl (C=O) groups is 2. The van der Waals surface area contributed by atoms with Crippen molar-refractivity contribution in [2.24, 2.45) is 0 Å². The van der Waals surface area contributed by atoms with Gasteiger partial charge in [0.1, 0.15) is 5.60 Å². The van der Waals surface area contributed by atoms with E-state index in [1.807, 2.05) is 20.8 Å². The highest BCUT2D eigenvalue weighted by molar-refractivity contribution is 6.28. The van der Waals surface area contributed by atoms with Crippen LogP contribution >= 0.6 is 11.6 Å². The van der Waals surface area contributed by atoms with Crippen LogP contribution in [-0.2, 0) is 14.3 Å². The highest BCUT2D eigenvalue weighted by Gasteiger charge is 2.15. The molecule has 0 spiro atoms. The lowest BCUT2D eigenvalue weighted by molar-refractivity contribution is -0.140. The van der Waals surface area contributed by atoms with Gasteiger partial charge in [0.2, 0.25) is 17.2 Å². The molecule has 0 aromatic carbocycles. The van der Waals surface area contributed by atoms with Crippen molar-refractivity contribution in [3.05, 3.63) is 5.28 Å². The fourth-order valence-corrected chi connectivity index (χ4v) is 2.67. The Labute approximate surface area is 189 Å². The number of unbranched alkanes of at least 4 members (excludes halogenated alkanes) is 4. The van der Waals surface area contributed by atoms with Gasteiger partial charge in [-0.05, 0) is 64.5 Å². The second-order valence-electron chi connectivity index (χ2n) is 7.98. The molecule has 1 heterocycles. The predicted molar refractivity (Wildman–Crippen MR) is 120 cm³/mol. The van der Waals surface area contributed by atoms with Gasteiger partial charge >= 0.3 is 12.1 Å². The molecule has 1 amide bonds. The lowest BCUT2D eigenvalue weighted by atomic mass is 10.2. The summed E-state index contributed by atoms with van der Waals surface area (Å²) in [7, 11) is 1.39. The number of anilines is 2. The molecule has 1 aromatic heterocycles. The molecule has 0 aliphatic rings. The first-order valence-corrected chi connectivity index (χ1v) is 11.0. The summed E-state index contributed by atoms with van der Waals surface area (Å²) in [4.78, 5) is 35.1. The van der Waals surface area contributed by atoms with Crippen LogP contribution in [0.15, 0.2) is 0 Å². The number of aromatic nitrogens is 3. The summed E-state index contributed by atoms with van der Waals surface area (Å²) >= 11 is 5.97. The first-order chi connectivity index (χ1) is 14.7. The molecule has 0 fully saturated rings. The molecule has 11 heteroatoms. The maximum Gasteiger partial charge on any atom is 0.407 e. The zero-order chi connectivity index (χ0) is 23.1. The van der Waals surface area contributed by atoms with Gasteiger partial charge in [-0.1, -0.05) is 6.42 Å². The van der Waals surface area contributed by atoms with E-state index in [-0.39, 0.29) is 11.3 Å². The molecule has 1 rings (SSSR count). The largest absolute Gasteiger partial charge is 0.469 e. The molecule has 0 atom stereocenters. The van der Waals surface area contributed by atoms with Crippen LogP contribution in [0.4, 0.5) is 16.7 Å². The quantitative estimate of drug-likeness (QED) is 0.282. The van der Waals surface area contributed by atoms with Gasteiger partial charge in [0.05, 0.1) is 7.11 Å². The molecule has 0 radical (unpaired) electrons. The maximum atomic E-state index is 11.6. The minimum absolute atomic E-state index is 0.118. The minimum atomic E-state index is -0.488. The van der Waals surface area contributed by atoms with Crippen molar-refractivity contribution in [2.45, 2.75) is 71.3 Å². The first-order valence-electron chi connectivity index (χ1n) is 10.6. The van der Waals surface area contributed by atoms with Crippen LogP contribution in [0, 0.1) is 0 Å². The standard InChI is InChI=1S/C20H35ClN6O4/c1-20(2,3)31-19(29)24-14-10-6-9-13-23-18-26-16(21)25-17(27-18)22-12-8-5-7-11-15(28)30-4/h5-14H2,1-4H3,(H,24,29)(H2,22,23,25,26,27). The number of halogens is 1. The van der Waals surface area contributed by atoms with Crippen LogP contribution in [0.2, 0.25) is 5.28 Å². The first kappa shape index (κ1) is 26.7. The fraction of sp³-hybridized carbons (Fsp3) is 0.750. The Morgan fingerprint density at radius 3 is 1.97 bits per heavy atom. The molecule has 176 valence electrons. The summed E-state index contributed by atoms with van der Waals surface area (Å²) in [6, 6.07) is 0. The summed E-state index contributed by atoms with van der Waals surface area (Å²) in [6.07, 6.45) is 5.26. The van der Waals surface area contributed by atoms with Crippen molar-refractivity contribution in [1.82, 2.24) is 20.3 Å². The van der Waals surface area contributed by atoms with E-state index < -0.39 is 11.7 Å². The van der Waals surface area contributed by atoms with Crippen molar-refractivity contribution < 1.29 is 19.1 Å². The fourth-order valence-electron chi connectivity index (χ4n) is 2.51. The minimum Gasteiger partial charge on any atom is -0.469 e. The Morgan fingerprint density at radius 2 is 1.42 bits per heavy atom. The molecular formula is C20H35ClN6O4. The van der Waals surface area contributed by atoms with Gasteiger partial charge in [-0.3, -0.25) is 4.79 Å². The number of amides is 1. The molecule has 3 N–H and O–H groups in total. The Morgan fingerprint density at radius 1 is 0.871 bits per heavy atom. The molecule has 0 unspecified atom stereocenters. The van der Waals surface area contributed by atoms with E-state index in [1.54, 1.807) is 0 Å². The van der Waals surface area contributed by atoms with Crippen molar-refractivity contribution in [3.63, 3.8) is 0 Å². The maximum absolute atomic E-state index is 11.6. The highest BCUT2D eigenvalue weighted by atomic mass is 35.5. The van der Waals surface area contributed by atoms with Gasteiger partial charge in [0, 0.05) is 26.1 Å². The zero-order valence-corrected chi connectivity index (χ0v) is 19.7. The molecule has 0 saturated carbocycles. The summed E-state index contributed by atoms with van der Waals surface area (Å²) in [5, 5.41) is 9.11. The van der Waals surface area contributed by atoms with Gasteiger partial charge in [0.25, 0.3) is 0 Å². The van der Waals surface area contributed by atoms with Gasteiger partial charge in [-0.15, -0.1) is 0 Å². The van der Waals surface area contributed by atoms with Crippen LogP contribution in [0.1, 0.15) is 65.7 Å². The highest BCUT2D eigenvalue weighted by Crippen LogP contribution is 2.11.